The van der Waals surface area contributed by atoms with Gasteiger partial charge in [0.2, 0.25) is 10.0 Å². The molecule has 0 spiro atoms. The third-order valence-electron chi connectivity index (χ3n) is 2.14. The number of hydrogen-bond acceptors (Lipinski definition) is 4. The fourth-order valence-corrected chi connectivity index (χ4v) is 1.66. The van der Waals surface area contributed by atoms with E-state index in [2.05, 4.69) is 10.3 Å². The molecule has 0 saturated carbocycles. The highest BCUT2D eigenvalue weighted by Gasteiger charge is 2.02. The molecule has 0 fully saturated rings. The van der Waals surface area contributed by atoms with Crippen LogP contribution in [0.4, 0.5) is 5.69 Å². The monoisotopic (exact) mass is 243 g/mol. The predicted octanol–water partition coefficient (Wildman–Crippen LogP) is 0.372. The number of nitrogens with one attached hydrogen (secondary N) is 2. The molecule has 4 N–H and O–H groups in total. The van der Waals surface area contributed by atoms with E-state index in [1.54, 1.807) is 0 Å². The molecule has 0 amide bonds. The topological polar surface area (TPSA) is 84.2 Å². The lowest BCUT2D eigenvalue weighted by molar-refractivity contribution is 0.594. The molecule has 0 aliphatic carbocycles. The minimum absolute atomic E-state index is 0.606. The van der Waals surface area contributed by atoms with Crippen LogP contribution in [0.15, 0.2) is 18.2 Å². The number of aryl methyl sites for hydroxylation is 1. The van der Waals surface area contributed by atoms with Crippen LogP contribution < -0.4 is 16.0 Å². The third-order valence-corrected chi connectivity index (χ3v) is 2.61. The summed E-state index contributed by atoms with van der Waals surface area (Å²) in [5.74, 6) is 0. The Hall–Kier alpha value is -1.11. The summed E-state index contributed by atoms with van der Waals surface area (Å²) in [5.41, 5.74) is 11.1. The number of sulfonamides is 1. The zero-order chi connectivity index (χ0) is 12.2. The molecule has 0 aromatic heterocycles. The van der Waals surface area contributed by atoms with Crippen LogP contribution in [0.1, 0.15) is 11.1 Å². The van der Waals surface area contributed by atoms with Crippen molar-refractivity contribution in [2.24, 2.45) is 5.73 Å². The average molecular weight is 243 g/mol. The summed E-state index contributed by atoms with van der Waals surface area (Å²) in [5, 5.41) is 0. The number of nitrogens with two attached hydrogens (primary N) is 1. The Labute approximate surface area is 96.1 Å². The number of rotatable bonds is 5. The molecular formula is C10H17N3O2S. The van der Waals surface area contributed by atoms with Gasteiger partial charge in [0.05, 0.1) is 11.9 Å². The van der Waals surface area contributed by atoms with E-state index in [-0.39, 0.29) is 0 Å². The summed E-state index contributed by atoms with van der Waals surface area (Å²) in [6, 6.07) is 5.63. The first-order valence-electron chi connectivity index (χ1n) is 4.95. The summed E-state index contributed by atoms with van der Waals surface area (Å²) in [6.07, 6.45) is 1.92. The molecule has 0 aliphatic rings. The molecule has 0 saturated heterocycles. The SMILES string of the molecule is Cc1cc(NNS(C)(=O)=O)ccc1CCN. The first kappa shape index (κ1) is 13.0. The molecule has 5 nitrogen and oxygen atoms in total. The minimum Gasteiger partial charge on any atom is -0.330 e. The van der Waals surface area contributed by atoms with E-state index >= 15 is 0 Å². The maximum absolute atomic E-state index is 10.9. The fourth-order valence-electron chi connectivity index (χ4n) is 1.36. The highest BCUT2D eigenvalue weighted by molar-refractivity contribution is 7.88. The van der Waals surface area contributed by atoms with Crippen LogP contribution in [0, 0.1) is 6.92 Å². The van der Waals surface area contributed by atoms with E-state index in [0.29, 0.717) is 12.2 Å². The Bertz CT molecular complexity index is 457. The summed E-state index contributed by atoms with van der Waals surface area (Å²) in [4.78, 5) is 2.21. The van der Waals surface area contributed by atoms with E-state index in [4.69, 9.17) is 5.73 Å². The molecule has 1 aromatic carbocycles. The van der Waals surface area contributed by atoms with Crippen molar-refractivity contribution in [3.63, 3.8) is 0 Å². The lowest BCUT2D eigenvalue weighted by Gasteiger charge is -2.10. The molecule has 0 bridgehead atoms. The highest BCUT2D eigenvalue weighted by Crippen LogP contribution is 2.14. The normalized spacial score (nSPS) is 11.4. The molecule has 1 rings (SSSR count). The number of hydrogen-bond donors (Lipinski definition) is 3. The van der Waals surface area contributed by atoms with Crippen LogP contribution in [0.2, 0.25) is 0 Å². The Morgan fingerprint density at radius 1 is 1.38 bits per heavy atom. The molecule has 1 aromatic rings. The molecule has 90 valence electrons. The highest BCUT2D eigenvalue weighted by atomic mass is 32.2. The van der Waals surface area contributed by atoms with Crippen LogP contribution in [0.25, 0.3) is 0 Å². The van der Waals surface area contributed by atoms with Gasteiger partial charge in [-0.3, -0.25) is 0 Å². The van der Waals surface area contributed by atoms with Gasteiger partial charge in [-0.1, -0.05) is 6.07 Å². The smallest absolute Gasteiger partial charge is 0.225 e. The second-order valence-electron chi connectivity index (χ2n) is 3.68. The Morgan fingerprint density at radius 3 is 2.56 bits per heavy atom. The summed E-state index contributed by atoms with van der Waals surface area (Å²) >= 11 is 0. The van der Waals surface area contributed by atoms with Crippen LogP contribution in [-0.4, -0.2) is 21.2 Å². The van der Waals surface area contributed by atoms with Crippen molar-refractivity contribution in [3.05, 3.63) is 29.3 Å². The van der Waals surface area contributed by atoms with E-state index in [1.165, 1.54) is 5.56 Å². The maximum atomic E-state index is 10.9. The Kier molecular flexibility index (Phi) is 4.28. The Balaban J connectivity index is 2.73. The Morgan fingerprint density at radius 2 is 2.06 bits per heavy atom. The van der Waals surface area contributed by atoms with Crippen molar-refractivity contribution in [1.29, 1.82) is 0 Å². The first-order valence-corrected chi connectivity index (χ1v) is 6.84. The minimum atomic E-state index is -3.24. The lowest BCUT2D eigenvalue weighted by atomic mass is 10.1. The average Bonchev–Trinajstić information content (AvgIpc) is 2.18. The number of hydrazine groups is 1. The van der Waals surface area contributed by atoms with Crippen molar-refractivity contribution < 1.29 is 8.42 Å². The lowest BCUT2D eigenvalue weighted by Crippen LogP contribution is -2.28. The van der Waals surface area contributed by atoms with Crippen molar-refractivity contribution in [2.45, 2.75) is 13.3 Å². The zero-order valence-electron chi connectivity index (χ0n) is 9.45. The third kappa shape index (κ3) is 4.18. The molecule has 0 radical (unpaired) electrons. The van der Waals surface area contributed by atoms with Gasteiger partial charge in [-0.15, -0.1) is 4.83 Å². The molecule has 0 atom stereocenters. The number of anilines is 1. The van der Waals surface area contributed by atoms with Crippen molar-refractivity contribution in [2.75, 3.05) is 18.2 Å². The van der Waals surface area contributed by atoms with Gasteiger partial charge in [0, 0.05) is 0 Å². The quantitative estimate of drug-likeness (QED) is 0.652. The molecular weight excluding hydrogens is 226 g/mol. The van der Waals surface area contributed by atoms with Gasteiger partial charge in [-0.25, -0.2) is 8.42 Å². The van der Waals surface area contributed by atoms with Crippen molar-refractivity contribution in [1.82, 2.24) is 4.83 Å². The summed E-state index contributed by atoms with van der Waals surface area (Å²) in [7, 11) is -3.24. The van der Waals surface area contributed by atoms with Crippen molar-refractivity contribution in [3.8, 4) is 0 Å². The van der Waals surface area contributed by atoms with Gasteiger partial charge in [0.1, 0.15) is 0 Å². The van der Waals surface area contributed by atoms with Gasteiger partial charge in [-0.2, -0.15) is 0 Å². The van der Waals surface area contributed by atoms with Crippen LogP contribution >= 0.6 is 0 Å². The predicted molar refractivity (Wildman–Crippen MR) is 65.5 cm³/mol. The van der Waals surface area contributed by atoms with Gasteiger partial charge in [-0.05, 0) is 43.1 Å². The van der Waals surface area contributed by atoms with Gasteiger partial charge >= 0.3 is 0 Å². The van der Waals surface area contributed by atoms with E-state index in [0.717, 1.165) is 18.2 Å². The van der Waals surface area contributed by atoms with Gasteiger partial charge in [0.15, 0.2) is 0 Å². The van der Waals surface area contributed by atoms with E-state index in [9.17, 15) is 8.42 Å². The first-order chi connectivity index (χ1) is 7.42. The van der Waals surface area contributed by atoms with Crippen LogP contribution in [0.5, 0.6) is 0 Å². The standard InChI is InChI=1S/C10H17N3O2S/c1-8-7-10(12-13-16(2,14)15)4-3-9(8)5-6-11/h3-4,7,12-13H,5-6,11H2,1-2H3. The van der Waals surface area contributed by atoms with Gasteiger partial charge in [0.25, 0.3) is 0 Å². The van der Waals surface area contributed by atoms with Crippen molar-refractivity contribution >= 4 is 15.7 Å². The summed E-state index contributed by atoms with van der Waals surface area (Å²) in [6.45, 7) is 2.58. The molecule has 0 aliphatic heterocycles. The fraction of sp³-hybridized carbons (Fsp3) is 0.400. The number of benzene rings is 1. The second kappa shape index (κ2) is 5.29. The summed E-state index contributed by atoms with van der Waals surface area (Å²) < 4.78 is 21.7. The van der Waals surface area contributed by atoms with Crippen LogP contribution in [-0.2, 0) is 16.4 Å². The molecule has 0 unspecified atom stereocenters. The van der Waals surface area contributed by atoms with E-state index in [1.807, 2.05) is 25.1 Å². The molecule has 16 heavy (non-hydrogen) atoms. The molecule has 0 heterocycles. The zero-order valence-corrected chi connectivity index (χ0v) is 10.3. The van der Waals surface area contributed by atoms with E-state index < -0.39 is 10.0 Å². The second-order valence-corrected chi connectivity index (χ2v) is 5.43. The largest absolute Gasteiger partial charge is 0.330 e. The maximum Gasteiger partial charge on any atom is 0.225 e. The van der Waals surface area contributed by atoms with Crippen LogP contribution in [0.3, 0.4) is 0 Å². The van der Waals surface area contributed by atoms with Gasteiger partial charge < -0.3 is 11.2 Å². The molecule has 6 heteroatoms.